The molecule has 0 aliphatic carbocycles. The number of phenolic OH excluding ortho intramolecular Hbond substituents is 4. The van der Waals surface area contributed by atoms with Crippen LogP contribution in [0.2, 0.25) is 0 Å². The third-order valence-electron chi connectivity index (χ3n) is 9.40. The van der Waals surface area contributed by atoms with Crippen LogP contribution in [-0.2, 0) is 23.7 Å². The van der Waals surface area contributed by atoms with Crippen molar-refractivity contribution in [2.75, 3.05) is 13.2 Å². The number of aromatic hydroxyl groups is 4. The highest BCUT2D eigenvalue weighted by Crippen LogP contribution is 2.40. The first-order chi connectivity index (χ1) is 25.5. The van der Waals surface area contributed by atoms with Gasteiger partial charge in [-0.1, -0.05) is 0 Å². The summed E-state index contributed by atoms with van der Waals surface area (Å²) >= 11 is 0. The number of benzene rings is 2. The summed E-state index contributed by atoms with van der Waals surface area (Å²) in [5.41, 5.74) is -1.39. The molecule has 21 nitrogen and oxygen atoms in total. The van der Waals surface area contributed by atoms with Crippen LogP contribution in [0.15, 0.2) is 39.5 Å². The van der Waals surface area contributed by atoms with Crippen LogP contribution in [0.4, 0.5) is 0 Å². The molecule has 6 rings (SSSR count). The van der Waals surface area contributed by atoms with E-state index in [1.54, 1.807) is 0 Å². The molecule has 21 heteroatoms. The lowest BCUT2D eigenvalue weighted by molar-refractivity contribution is -0.357. The van der Waals surface area contributed by atoms with Gasteiger partial charge in [0, 0.05) is 17.7 Å². The van der Waals surface area contributed by atoms with Crippen molar-refractivity contribution >= 4 is 11.0 Å². The normalized spacial score (nSPS) is 37.3. The van der Waals surface area contributed by atoms with Crippen molar-refractivity contribution in [3.63, 3.8) is 0 Å². The second-order valence-corrected chi connectivity index (χ2v) is 13.1. The Bertz CT molecular complexity index is 1850. The lowest BCUT2D eigenvalue weighted by Crippen LogP contribution is -2.64. The Balaban J connectivity index is 1.20. The maximum absolute atomic E-state index is 13.7. The zero-order valence-corrected chi connectivity index (χ0v) is 28.0. The van der Waals surface area contributed by atoms with Crippen molar-refractivity contribution in [3.05, 3.63) is 40.6 Å². The van der Waals surface area contributed by atoms with Gasteiger partial charge in [0.1, 0.15) is 89.6 Å². The number of rotatable bonds is 9. The number of aliphatic hydroxyl groups is 9. The first kappa shape index (κ1) is 39.8. The number of hydrogen-bond donors (Lipinski definition) is 13. The summed E-state index contributed by atoms with van der Waals surface area (Å²) in [6, 6.07) is 5.20. The summed E-state index contributed by atoms with van der Waals surface area (Å²) in [6.45, 7) is -0.0761. The molecule has 13 N–H and O–H groups in total. The first-order valence-electron chi connectivity index (χ1n) is 16.5. The van der Waals surface area contributed by atoms with Gasteiger partial charge in [-0.25, -0.2) is 0 Å². The molecule has 3 aliphatic heterocycles. The average molecular weight is 773 g/mol. The van der Waals surface area contributed by atoms with Crippen LogP contribution in [0.1, 0.15) is 6.92 Å². The van der Waals surface area contributed by atoms with Gasteiger partial charge < -0.3 is 99.2 Å². The molecular weight excluding hydrogens is 732 g/mol. The molecule has 3 aliphatic rings. The van der Waals surface area contributed by atoms with Crippen LogP contribution in [0.5, 0.6) is 28.7 Å². The number of ether oxygens (including phenoxy) is 6. The van der Waals surface area contributed by atoms with Gasteiger partial charge in [-0.15, -0.1) is 0 Å². The van der Waals surface area contributed by atoms with Crippen molar-refractivity contribution in [1.82, 2.24) is 0 Å². The van der Waals surface area contributed by atoms with Crippen LogP contribution < -0.4 is 10.2 Å². The van der Waals surface area contributed by atoms with E-state index in [-0.39, 0.29) is 11.1 Å². The molecule has 3 fully saturated rings. The monoisotopic (exact) mass is 772 g/mol. The molecular formula is C33H40O21. The molecule has 3 aromatic rings. The lowest BCUT2D eigenvalue weighted by Gasteiger charge is -2.46. The van der Waals surface area contributed by atoms with Crippen LogP contribution in [0.25, 0.3) is 22.3 Å². The van der Waals surface area contributed by atoms with Gasteiger partial charge in [-0.2, -0.15) is 0 Å². The smallest absolute Gasteiger partial charge is 0.239 e. The molecule has 0 radical (unpaired) electrons. The van der Waals surface area contributed by atoms with E-state index in [1.807, 2.05) is 0 Å². The molecule has 0 amide bonds. The maximum atomic E-state index is 13.7. The van der Waals surface area contributed by atoms with Crippen LogP contribution in [0, 0.1) is 0 Å². The first-order valence-corrected chi connectivity index (χ1v) is 16.5. The van der Waals surface area contributed by atoms with Crippen molar-refractivity contribution in [1.29, 1.82) is 0 Å². The molecule has 15 atom stereocenters. The number of phenols is 4. The maximum Gasteiger partial charge on any atom is 0.239 e. The van der Waals surface area contributed by atoms with Crippen LogP contribution >= 0.6 is 0 Å². The Morgan fingerprint density at radius 3 is 1.96 bits per heavy atom. The molecule has 54 heavy (non-hydrogen) atoms. The Morgan fingerprint density at radius 2 is 1.30 bits per heavy atom. The fourth-order valence-electron chi connectivity index (χ4n) is 6.35. The largest absolute Gasteiger partial charge is 0.508 e. The molecule has 0 saturated carbocycles. The van der Waals surface area contributed by atoms with Gasteiger partial charge in [0.25, 0.3) is 0 Å². The van der Waals surface area contributed by atoms with E-state index >= 15 is 0 Å². The third-order valence-corrected chi connectivity index (χ3v) is 9.40. The van der Waals surface area contributed by atoms with Gasteiger partial charge in [0.15, 0.2) is 29.8 Å². The zero-order valence-electron chi connectivity index (χ0n) is 28.0. The quantitative estimate of drug-likeness (QED) is 0.0925. The number of fused-ring (bicyclic) bond motifs is 1. The molecule has 0 bridgehead atoms. The van der Waals surface area contributed by atoms with Gasteiger partial charge in [0.2, 0.25) is 17.5 Å². The summed E-state index contributed by atoms with van der Waals surface area (Å²) in [4.78, 5) is 13.7. The predicted octanol–water partition coefficient (Wildman–Crippen LogP) is -3.86. The molecule has 3 saturated heterocycles. The Morgan fingerprint density at radius 1 is 0.667 bits per heavy atom. The van der Waals surface area contributed by atoms with Crippen molar-refractivity contribution in [3.8, 4) is 40.1 Å². The van der Waals surface area contributed by atoms with E-state index < -0.39 is 151 Å². The Hall–Kier alpha value is -3.91. The van der Waals surface area contributed by atoms with Crippen molar-refractivity contribution in [2.24, 2.45) is 0 Å². The van der Waals surface area contributed by atoms with E-state index in [2.05, 4.69) is 0 Å². The Kier molecular flexibility index (Phi) is 11.5. The Labute approximate surface area is 303 Å². The highest BCUT2D eigenvalue weighted by molar-refractivity contribution is 5.88. The summed E-state index contributed by atoms with van der Waals surface area (Å²) < 4.78 is 39.3. The minimum absolute atomic E-state index is 0.0449. The topological polar surface area (TPSA) is 349 Å². The molecule has 298 valence electrons. The predicted molar refractivity (Wildman–Crippen MR) is 173 cm³/mol. The van der Waals surface area contributed by atoms with Crippen molar-refractivity contribution in [2.45, 2.75) is 99.0 Å². The highest BCUT2D eigenvalue weighted by Gasteiger charge is 2.51. The van der Waals surface area contributed by atoms with Crippen LogP contribution in [-0.4, -0.2) is 172 Å². The van der Waals surface area contributed by atoms with E-state index in [0.29, 0.717) is 0 Å². The van der Waals surface area contributed by atoms with E-state index in [4.69, 9.17) is 32.8 Å². The lowest BCUT2D eigenvalue weighted by atomic mass is 9.97. The standard InChI is InChI=1S/C33H40O21/c1-9-28(53-33-26(46)23(43)20(40)17(52-33)8-48-31-25(45)22(42)19(39)16(7-34)51-31)24(44)27(47)32(49-9)54-30-21(41)18-14(38)5-11(35)6-15(18)50-29(30)10-2-3-12(36)13(37)4-10/h2-6,9,16-17,19-20,22-28,31-40,42-47H,7-8H2,1H3/t9?,16?,17?,19-,20-,22+,23?,24?,25?,26?,27+,28+,31-,32+,33+/m1/s1. The second kappa shape index (κ2) is 15.7. The van der Waals surface area contributed by atoms with E-state index in [1.165, 1.54) is 13.0 Å². The molecule has 4 heterocycles. The molecule has 2 aromatic carbocycles. The average Bonchev–Trinajstić information content (AvgIpc) is 3.13. The minimum Gasteiger partial charge on any atom is -0.508 e. The molecule has 0 spiro atoms. The summed E-state index contributed by atoms with van der Waals surface area (Å²) in [6.07, 6.45) is -25.9. The fourth-order valence-corrected chi connectivity index (χ4v) is 6.35. The van der Waals surface area contributed by atoms with Crippen molar-refractivity contribution < 1.29 is 99.2 Å². The van der Waals surface area contributed by atoms with Gasteiger partial charge in [-0.3, -0.25) is 4.79 Å². The van der Waals surface area contributed by atoms with Crippen LogP contribution in [0.3, 0.4) is 0 Å². The minimum atomic E-state index is -2.03. The second-order valence-electron chi connectivity index (χ2n) is 13.1. The van der Waals surface area contributed by atoms with Gasteiger partial charge in [-0.05, 0) is 25.1 Å². The summed E-state index contributed by atoms with van der Waals surface area (Å²) in [5, 5.41) is 134. The fraction of sp³-hybridized carbons (Fsp3) is 0.545. The zero-order chi connectivity index (χ0) is 39.3. The molecule has 7 unspecified atom stereocenters. The summed E-state index contributed by atoms with van der Waals surface area (Å²) in [7, 11) is 0. The van der Waals surface area contributed by atoms with Gasteiger partial charge in [0.05, 0.1) is 19.3 Å². The molecule has 1 aromatic heterocycles. The highest BCUT2D eigenvalue weighted by atomic mass is 16.8. The van der Waals surface area contributed by atoms with E-state index in [0.717, 1.165) is 24.3 Å². The SMILES string of the molecule is CC1O[C@@H](Oc2c(-c3ccc(O)c(O)c3)oc3cc(O)cc(O)c3c2=O)[C@@H](O)C(O)[C@H]1O[C@@H]1OC(CO[C@@H]2OC(CO)[C@@H](O)[C@H](O)C2O)[C@@H](O)C(O)C1O. The van der Waals surface area contributed by atoms with Gasteiger partial charge >= 0.3 is 0 Å². The summed E-state index contributed by atoms with van der Waals surface area (Å²) in [5.74, 6) is -3.41. The third kappa shape index (κ3) is 7.39. The number of hydrogen-bond acceptors (Lipinski definition) is 21. The number of aliphatic hydroxyl groups excluding tert-OH is 9. The van der Waals surface area contributed by atoms with E-state index in [9.17, 15) is 71.2 Å².